The Bertz CT molecular complexity index is 771. The van der Waals surface area contributed by atoms with Gasteiger partial charge in [0.2, 0.25) is 5.91 Å². The molecule has 0 spiro atoms. The molecule has 6 nitrogen and oxygen atoms in total. The standard InChI is InChI=1S/C20H28N4O2.2ClH/c1-14-12-15(2)24(23-14)18-6-4-17(5-7-18)16(3)22-19(25)20(13-21)8-10-26-11-9-20;;/h4-7,12,16H,8-11,13,21H2,1-3H3,(H,22,25);2*1H. The number of hydrogen-bond acceptors (Lipinski definition) is 4. The lowest BCUT2D eigenvalue weighted by atomic mass is 9.79. The molecular formula is C20H30Cl2N4O2. The Morgan fingerprint density at radius 1 is 1.25 bits per heavy atom. The lowest BCUT2D eigenvalue weighted by Crippen LogP contribution is -2.49. The highest BCUT2D eigenvalue weighted by molar-refractivity contribution is 5.85. The molecule has 0 bridgehead atoms. The molecular weight excluding hydrogens is 399 g/mol. The first-order valence-corrected chi connectivity index (χ1v) is 9.17. The maximum Gasteiger partial charge on any atom is 0.228 e. The van der Waals surface area contributed by atoms with E-state index in [1.807, 2.05) is 49.7 Å². The molecule has 0 saturated carbocycles. The van der Waals surface area contributed by atoms with Crippen molar-refractivity contribution in [3.63, 3.8) is 0 Å². The molecule has 2 aromatic rings. The third-order valence-corrected chi connectivity index (χ3v) is 5.32. The van der Waals surface area contributed by atoms with Crippen molar-refractivity contribution in [3.05, 3.63) is 47.3 Å². The molecule has 1 aromatic carbocycles. The van der Waals surface area contributed by atoms with Gasteiger partial charge >= 0.3 is 0 Å². The van der Waals surface area contributed by atoms with Crippen LogP contribution in [0, 0.1) is 19.3 Å². The molecule has 3 rings (SSSR count). The van der Waals surface area contributed by atoms with Crippen LogP contribution in [0.1, 0.15) is 42.8 Å². The van der Waals surface area contributed by atoms with Crippen molar-refractivity contribution < 1.29 is 9.53 Å². The third kappa shape index (κ3) is 5.06. The summed E-state index contributed by atoms with van der Waals surface area (Å²) in [6.07, 6.45) is 1.36. The monoisotopic (exact) mass is 428 g/mol. The highest BCUT2D eigenvalue weighted by atomic mass is 35.5. The van der Waals surface area contributed by atoms with Crippen molar-refractivity contribution in [2.24, 2.45) is 11.1 Å². The first-order chi connectivity index (χ1) is 12.4. The van der Waals surface area contributed by atoms with Crippen molar-refractivity contribution in [2.75, 3.05) is 19.8 Å². The van der Waals surface area contributed by atoms with Crippen molar-refractivity contribution in [2.45, 2.75) is 39.7 Å². The summed E-state index contributed by atoms with van der Waals surface area (Å²) in [5, 5.41) is 7.64. The van der Waals surface area contributed by atoms with Gasteiger partial charge in [0.05, 0.1) is 22.8 Å². The van der Waals surface area contributed by atoms with Gasteiger partial charge < -0.3 is 15.8 Å². The van der Waals surface area contributed by atoms with E-state index >= 15 is 0 Å². The molecule has 1 aromatic heterocycles. The third-order valence-electron chi connectivity index (χ3n) is 5.32. The number of rotatable bonds is 5. The molecule has 3 N–H and O–H groups in total. The minimum Gasteiger partial charge on any atom is -0.381 e. The number of benzene rings is 1. The second kappa shape index (κ2) is 10.3. The summed E-state index contributed by atoms with van der Waals surface area (Å²) in [5.41, 5.74) is 9.59. The topological polar surface area (TPSA) is 82.2 Å². The number of carbonyl (C=O) groups excluding carboxylic acids is 1. The molecule has 1 saturated heterocycles. The van der Waals surface area contributed by atoms with E-state index in [9.17, 15) is 4.79 Å². The van der Waals surface area contributed by atoms with Gasteiger partial charge in [0, 0.05) is 25.5 Å². The minimum atomic E-state index is -0.504. The zero-order valence-electron chi connectivity index (χ0n) is 16.6. The smallest absolute Gasteiger partial charge is 0.228 e. The molecule has 1 fully saturated rings. The van der Waals surface area contributed by atoms with Gasteiger partial charge in [-0.2, -0.15) is 5.10 Å². The van der Waals surface area contributed by atoms with Gasteiger partial charge in [0.25, 0.3) is 0 Å². The Hall–Kier alpha value is -1.60. The number of nitrogens with two attached hydrogens (primary N) is 1. The predicted molar refractivity (Wildman–Crippen MR) is 116 cm³/mol. The summed E-state index contributed by atoms with van der Waals surface area (Å²) in [5.74, 6) is 0.0263. The van der Waals surface area contributed by atoms with E-state index in [2.05, 4.69) is 16.5 Å². The lowest BCUT2D eigenvalue weighted by molar-refractivity contribution is -0.136. The molecule has 1 unspecified atom stereocenters. The molecule has 156 valence electrons. The first kappa shape index (κ1) is 24.4. The quantitative estimate of drug-likeness (QED) is 0.765. The maximum atomic E-state index is 12.8. The minimum absolute atomic E-state index is 0. The van der Waals surface area contributed by atoms with Crippen LogP contribution >= 0.6 is 24.8 Å². The van der Waals surface area contributed by atoms with E-state index in [4.69, 9.17) is 10.5 Å². The average Bonchev–Trinajstić information content (AvgIpc) is 3.00. The fourth-order valence-electron chi connectivity index (χ4n) is 3.51. The van der Waals surface area contributed by atoms with Crippen molar-refractivity contribution in [3.8, 4) is 5.69 Å². The summed E-state index contributed by atoms with van der Waals surface area (Å²) >= 11 is 0. The molecule has 8 heteroatoms. The molecule has 1 amide bonds. The van der Waals surface area contributed by atoms with Gasteiger partial charge in [-0.1, -0.05) is 12.1 Å². The number of halogens is 2. The Kier molecular flexibility index (Phi) is 8.95. The number of amides is 1. The summed E-state index contributed by atoms with van der Waals surface area (Å²) in [7, 11) is 0. The number of ether oxygens (including phenoxy) is 1. The second-order valence-corrected chi connectivity index (χ2v) is 7.22. The normalized spacial score (nSPS) is 16.4. The molecule has 2 heterocycles. The van der Waals surface area contributed by atoms with E-state index in [-0.39, 0.29) is 36.8 Å². The summed E-state index contributed by atoms with van der Waals surface area (Å²) in [6, 6.07) is 10.1. The fraction of sp³-hybridized carbons (Fsp3) is 0.500. The van der Waals surface area contributed by atoms with Gasteiger partial charge in [-0.05, 0) is 57.4 Å². The van der Waals surface area contributed by atoms with Gasteiger partial charge in [0.1, 0.15) is 0 Å². The highest BCUT2D eigenvalue weighted by Gasteiger charge is 2.39. The molecule has 1 atom stereocenters. The van der Waals surface area contributed by atoms with Crippen LogP contribution in [0.2, 0.25) is 0 Å². The number of carbonyl (C=O) groups is 1. The lowest BCUT2D eigenvalue weighted by Gasteiger charge is -2.35. The Morgan fingerprint density at radius 2 is 1.86 bits per heavy atom. The van der Waals surface area contributed by atoms with E-state index in [0.717, 1.165) is 22.6 Å². The Morgan fingerprint density at radius 3 is 2.36 bits per heavy atom. The zero-order valence-corrected chi connectivity index (χ0v) is 18.2. The second-order valence-electron chi connectivity index (χ2n) is 7.22. The first-order valence-electron chi connectivity index (χ1n) is 9.17. The van der Waals surface area contributed by atoms with Crippen LogP contribution in [-0.2, 0) is 9.53 Å². The van der Waals surface area contributed by atoms with Crippen LogP contribution in [0.15, 0.2) is 30.3 Å². The molecule has 0 aliphatic carbocycles. The molecule has 0 radical (unpaired) electrons. The van der Waals surface area contributed by atoms with Gasteiger partial charge in [-0.25, -0.2) is 4.68 Å². The van der Waals surface area contributed by atoms with Crippen molar-refractivity contribution >= 4 is 30.7 Å². The number of aromatic nitrogens is 2. The zero-order chi connectivity index (χ0) is 18.7. The predicted octanol–water partition coefficient (Wildman–Crippen LogP) is 3.27. The van der Waals surface area contributed by atoms with E-state index in [1.165, 1.54) is 0 Å². The molecule has 1 aliphatic rings. The number of aryl methyl sites for hydroxylation is 2. The van der Waals surface area contributed by atoms with Crippen LogP contribution < -0.4 is 11.1 Å². The van der Waals surface area contributed by atoms with E-state index in [0.29, 0.717) is 32.6 Å². The highest BCUT2D eigenvalue weighted by Crippen LogP contribution is 2.30. The molecule has 1 aliphatic heterocycles. The van der Waals surface area contributed by atoms with Crippen molar-refractivity contribution in [1.82, 2.24) is 15.1 Å². The van der Waals surface area contributed by atoms with Gasteiger partial charge in [0.15, 0.2) is 0 Å². The average molecular weight is 429 g/mol. The van der Waals surface area contributed by atoms with E-state index < -0.39 is 5.41 Å². The number of hydrogen-bond donors (Lipinski definition) is 2. The van der Waals surface area contributed by atoms with Crippen LogP contribution in [0.5, 0.6) is 0 Å². The largest absolute Gasteiger partial charge is 0.381 e. The fourth-order valence-corrected chi connectivity index (χ4v) is 3.51. The van der Waals surface area contributed by atoms with E-state index in [1.54, 1.807) is 0 Å². The van der Waals surface area contributed by atoms with Crippen LogP contribution in [-0.4, -0.2) is 35.4 Å². The van der Waals surface area contributed by atoms with Crippen LogP contribution in [0.4, 0.5) is 0 Å². The maximum absolute atomic E-state index is 12.8. The van der Waals surface area contributed by atoms with Gasteiger partial charge in [-0.15, -0.1) is 24.8 Å². The molecule has 28 heavy (non-hydrogen) atoms. The van der Waals surface area contributed by atoms with Gasteiger partial charge in [-0.3, -0.25) is 4.79 Å². The number of nitrogens with one attached hydrogen (secondary N) is 1. The SMILES string of the molecule is Cc1cc(C)n(-c2ccc(C(C)NC(=O)C3(CN)CCOCC3)cc2)n1.Cl.Cl. The Balaban J connectivity index is 0.00000196. The van der Waals surface area contributed by atoms with Crippen molar-refractivity contribution in [1.29, 1.82) is 0 Å². The summed E-state index contributed by atoms with van der Waals surface area (Å²) in [6.45, 7) is 7.56. The van der Waals surface area contributed by atoms with Crippen LogP contribution in [0.25, 0.3) is 5.69 Å². The van der Waals surface area contributed by atoms with Crippen LogP contribution in [0.3, 0.4) is 0 Å². The number of nitrogens with zero attached hydrogens (tertiary/aromatic N) is 2. The Labute approximate surface area is 179 Å². The summed E-state index contributed by atoms with van der Waals surface area (Å²) in [4.78, 5) is 12.8. The summed E-state index contributed by atoms with van der Waals surface area (Å²) < 4.78 is 7.31.